The Morgan fingerprint density at radius 1 is 0.758 bits per heavy atom. The van der Waals surface area contributed by atoms with E-state index in [1.54, 1.807) is 6.21 Å². The van der Waals surface area contributed by atoms with Gasteiger partial charge in [0.25, 0.3) is 11.8 Å². The van der Waals surface area contributed by atoms with Crippen molar-refractivity contribution in [2.24, 2.45) is 11.0 Å². The van der Waals surface area contributed by atoms with Gasteiger partial charge in [-0.1, -0.05) is 55.7 Å². The Hall–Kier alpha value is -3.93. The van der Waals surface area contributed by atoms with Crippen molar-refractivity contribution in [3.05, 3.63) is 72.1 Å². The van der Waals surface area contributed by atoms with Crippen molar-refractivity contribution in [3.63, 3.8) is 0 Å². The topological polar surface area (TPSA) is 81.3 Å². The third-order valence-corrected chi connectivity index (χ3v) is 6.82. The van der Waals surface area contributed by atoms with Crippen LogP contribution in [-0.4, -0.2) is 33.0 Å². The summed E-state index contributed by atoms with van der Waals surface area (Å²) in [6, 6.07) is 15.6. The number of rotatable bonds is 4. The fourth-order valence-electron chi connectivity index (χ4n) is 5.12. The Morgan fingerprint density at radius 3 is 1.82 bits per heavy atom. The number of imide groups is 1. The van der Waals surface area contributed by atoms with E-state index in [2.05, 4.69) is 15.1 Å². The van der Waals surface area contributed by atoms with E-state index in [1.807, 2.05) is 60.9 Å². The molecule has 6 nitrogen and oxygen atoms in total. The number of fused-ring (bicyclic) bond motifs is 2. The SMILES string of the molecule is O=C1C(c2c[nH]c3ccccc23)=C(c2c[nH]c3ccccc23)C(=O)N1/N=C/C1CCCCC1. The average Bonchev–Trinajstić information content (AvgIpc) is 3.53. The monoisotopic (exact) mass is 436 g/mol. The van der Waals surface area contributed by atoms with E-state index in [4.69, 9.17) is 0 Å². The highest BCUT2D eigenvalue weighted by Gasteiger charge is 2.41. The van der Waals surface area contributed by atoms with Gasteiger partial charge in [0, 0.05) is 51.5 Å². The van der Waals surface area contributed by atoms with Crippen LogP contribution in [0.2, 0.25) is 0 Å². The summed E-state index contributed by atoms with van der Waals surface area (Å²) < 4.78 is 0. The largest absolute Gasteiger partial charge is 0.361 e. The molecule has 2 aliphatic rings. The van der Waals surface area contributed by atoms with Gasteiger partial charge in [-0.3, -0.25) is 9.59 Å². The van der Waals surface area contributed by atoms with Crippen LogP contribution < -0.4 is 0 Å². The Labute approximate surface area is 191 Å². The van der Waals surface area contributed by atoms with Crippen LogP contribution in [0, 0.1) is 5.92 Å². The zero-order chi connectivity index (χ0) is 22.4. The molecule has 0 unspecified atom stereocenters. The van der Waals surface area contributed by atoms with Crippen molar-refractivity contribution in [1.82, 2.24) is 15.0 Å². The second-order valence-electron chi connectivity index (χ2n) is 8.83. The minimum atomic E-state index is -0.378. The highest BCUT2D eigenvalue weighted by Crippen LogP contribution is 2.40. The van der Waals surface area contributed by atoms with Crippen LogP contribution in [0.3, 0.4) is 0 Å². The number of benzene rings is 2. The first-order valence-electron chi connectivity index (χ1n) is 11.5. The van der Waals surface area contributed by atoms with E-state index < -0.39 is 0 Å². The van der Waals surface area contributed by atoms with E-state index in [-0.39, 0.29) is 11.8 Å². The second kappa shape index (κ2) is 7.89. The molecule has 0 spiro atoms. The first-order chi connectivity index (χ1) is 16.2. The van der Waals surface area contributed by atoms with Gasteiger partial charge in [-0.05, 0) is 30.9 Å². The molecule has 164 valence electrons. The van der Waals surface area contributed by atoms with Gasteiger partial charge in [0.05, 0.1) is 11.1 Å². The van der Waals surface area contributed by atoms with Gasteiger partial charge in [-0.25, -0.2) is 0 Å². The number of carbonyl (C=O) groups is 2. The molecule has 0 radical (unpaired) electrons. The summed E-state index contributed by atoms with van der Waals surface area (Å²) in [5.41, 5.74) is 4.07. The molecule has 3 heterocycles. The molecule has 1 aliphatic heterocycles. The highest BCUT2D eigenvalue weighted by molar-refractivity contribution is 6.50. The van der Waals surface area contributed by atoms with Crippen molar-refractivity contribution in [3.8, 4) is 0 Å². The quantitative estimate of drug-likeness (QED) is 0.327. The van der Waals surface area contributed by atoms with Gasteiger partial charge in [0.15, 0.2) is 0 Å². The lowest BCUT2D eigenvalue weighted by Crippen LogP contribution is -2.27. The number of amides is 2. The summed E-state index contributed by atoms with van der Waals surface area (Å²) in [7, 11) is 0. The normalized spacial score (nSPS) is 18.0. The number of aromatic nitrogens is 2. The molecule has 1 fully saturated rings. The lowest BCUT2D eigenvalue weighted by molar-refractivity contribution is -0.136. The first kappa shape index (κ1) is 19.7. The molecule has 0 saturated heterocycles. The average molecular weight is 437 g/mol. The lowest BCUT2D eigenvalue weighted by Gasteiger charge is -2.18. The summed E-state index contributed by atoms with van der Waals surface area (Å²) in [5.74, 6) is -0.442. The lowest BCUT2D eigenvalue weighted by atomic mass is 9.90. The zero-order valence-corrected chi connectivity index (χ0v) is 18.2. The number of para-hydroxylation sites is 2. The second-order valence-corrected chi connectivity index (χ2v) is 8.83. The molecule has 0 atom stereocenters. The van der Waals surface area contributed by atoms with E-state index in [1.165, 1.54) is 6.42 Å². The molecule has 2 aromatic heterocycles. The fourth-order valence-corrected chi connectivity index (χ4v) is 5.12. The molecular weight excluding hydrogens is 412 g/mol. The summed E-state index contributed by atoms with van der Waals surface area (Å²) in [5, 5.41) is 7.31. The summed E-state index contributed by atoms with van der Waals surface area (Å²) in [6.45, 7) is 0. The molecule has 6 rings (SSSR count). The number of hydrazone groups is 1. The molecule has 2 N–H and O–H groups in total. The maximum atomic E-state index is 13.7. The number of nitrogens with zero attached hydrogens (tertiary/aromatic N) is 2. The number of aromatic amines is 2. The number of H-pyrrole nitrogens is 2. The minimum Gasteiger partial charge on any atom is -0.361 e. The van der Waals surface area contributed by atoms with Crippen LogP contribution in [0.5, 0.6) is 0 Å². The van der Waals surface area contributed by atoms with Gasteiger partial charge in [0.2, 0.25) is 0 Å². The van der Waals surface area contributed by atoms with E-state index >= 15 is 0 Å². The Balaban J connectivity index is 1.51. The van der Waals surface area contributed by atoms with Gasteiger partial charge >= 0.3 is 0 Å². The van der Waals surface area contributed by atoms with Gasteiger partial charge in [0.1, 0.15) is 0 Å². The molecule has 2 aromatic carbocycles. The third kappa shape index (κ3) is 3.21. The summed E-state index contributed by atoms with van der Waals surface area (Å²) in [4.78, 5) is 33.8. The maximum Gasteiger partial charge on any atom is 0.283 e. The van der Waals surface area contributed by atoms with Crippen molar-refractivity contribution in [2.45, 2.75) is 32.1 Å². The van der Waals surface area contributed by atoms with Gasteiger partial charge in [-0.2, -0.15) is 10.1 Å². The molecular formula is C27H24N4O2. The van der Waals surface area contributed by atoms with E-state index in [0.29, 0.717) is 17.1 Å². The Kier molecular flexibility index (Phi) is 4.72. The smallest absolute Gasteiger partial charge is 0.283 e. The van der Waals surface area contributed by atoms with Crippen LogP contribution in [-0.2, 0) is 9.59 Å². The number of hydrogen-bond donors (Lipinski definition) is 2. The number of hydrogen-bond acceptors (Lipinski definition) is 3. The molecule has 0 bridgehead atoms. The van der Waals surface area contributed by atoms with E-state index in [0.717, 1.165) is 63.6 Å². The number of carbonyl (C=O) groups excluding carboxylic acids is 2. The van der Waals surface area contributed by atoms with Crippen molar-refractivity contribution >= 4 is 51.0 Å². The van der Waals surface area contributed by atoms with Crippen molar-refractivity contribution in [2.75, 3.05) is 0 Å². The molecule has 1 aliphatic carbocycles. The predicted octanol–water partition coefficient (Wildman–Crippen LogP) is 5.49. The van der Waals surface area contributed by atoms with Crippen molar-refractivity contribution in [1.29, 1.82) is 0 Å². The van der Waals surface area contributed by atoms with Crippen LogP contribution in [0.25, 0.3) is 33.0 Å². The Bertz CT molecular complexity index is 1350. The van der Waals surface area contributed by atoms with Crippen LogP contribution in [0.1, 0.15) is 43.2 Å². The van der Waals surface area contributed by atoms with Crippen molar-refractivity contribution < 1.29 is 9.59 Å². The molecule has 6 heteroatoms. The molecule has 33 heavy (non-hydrogen) atoms. The fraction of sp³-hybridized carbons (Fsp3) is 0.222. The molecule has 4 aromatic rings. The first-order valence-corrected chi connectivity index (χ1v) is 11.5. The van der Waals surface area contributed by atoms with E-state index in [9.17, 15) is 9.59 Å². The standard InChI is InChI=1S/C27H24N4O2/c32-26-24(20-15-28-22-12-6-4-10-18(20)22)25(21-16-29-23-13-7-5-11-19(21)23)27(33)31(26)30-14-17-8-2-1-3-9-17/h4-7,10-17,28-29H,1-3,8-9H2/b30-14+. The predicted molar refractivity (Wildman–Crippen MR) is 130 cm³/mol. The van der Waals surface area contributed by atoms with Gasteiger partial charge < -0.3 is 9.97 Å². The third-order valence-electron chi connectivity index (χ3n) is 6.82. The summed E-state index contributed by atoms with van der Waals surface area (Å²) >= 11 is 0. The Morgan fingerprint density at radius 2 is 1.27 bits per heavy atom. The molecule has 2 amide bonds. The van der Waals surface area contributed by atoms with Crippen LogP contribution in [0.15, 0.2) is 66.0 Å². The van der Waals surface area contributed by atoms with Gasteiger partial charge in [-0.15, -0.1) is 0 Å². The van der Waals surface area contributed by atoms with Crippen LogP contribution in [0.4, 0.5) is 0 Å². The molecule has 1 saturated carbocycles. The number of nitrogens with one attached hydrogen (secondary N) is 2. The zero-order valence-electron chi connectivity index (χ0n) is 18.2. The highest BCUT2D eigenvalue weighted by atomic mass is 16.2. The minimum absolute atomic E-state index is 0.313. The van der Waals surface area contributed by atoms with Crippen LogP contribution >= 0.6 is 0 Å². The summed E-state index contributed by atoms with van der Waals surface area (Å²) in [6.07, 6.45) is 11.1. The maximum absolute atomic E-state index is 13.7.